The summed E-state index contributed by atoms with van der Waals surface area (Å²) >= 11 is 0. The highest BCUT2D eigenvalue weighted by molar-refractivity contribution is 4.70. The van der Waals surface area contributed by atoms with Gasteiger partial charge in [0.15, 0.2) is 0 Å². The van der Waals surface area contributed by atoms with Crippen molar-refractivity contribution in [2.24, 2.45) is 23.7 Å². The molecule has 0 aromatic rings. The van der Waals surface area contributed by atoms with Gasteiger partial charge in [0.1, 0.15) is 0 Å². The molecule has 0 aliphatic heterocycles. The first-order chi connectivity index (χ1) is 6.56. The van der Waals surface area contributed by atoms with E-state index in [4.69, 9.17) is 0 Å². The Morgan fingerprint density at radius 3 is 1.50 bits per heavy atom. The van der Waals surface area contributed by atoms with Crippen LogP contribution in [0.5, 0.6) is 0 Å². The first-order valence-corrected chi connectivity index (χ1v) is 6.56. The molecule has 0 fully saturated rings. The summed E-state index contributed by atoms with van der Waals surface area (Å²) in [5.74, 6) is 3.66. The van der Waals surface area contributed by atoms with E-state index in [0.29, 0.717) is 0 Å². The van der Waals surface area contributed by atoms with Crippen molar-refractivity contribution < 1.29 is 0 Å². The highest BCUT2D eigenvalue weighted by Gasteiger charge is 2.19. The van der Waals surface area contributed by atoms with Crippen molar-refractivity contribution in [1.29, 1.82) is 0 Å². The third-order valence-corrected chi connectivity index (χ3v) is 4.26. The highest BCUT2D eigenvalue weighted by atomic mass is 14.2. The van der Waals surface area contributed by atoms with Crippen LogP contribution in [-0.4, -0.2) is 0 Å². The number of hydrogen-bond donors (Lipinski definition) is 0. The molecule has 0 saturated heterocycles. The van der Waals surface area contributed by atoms with Gasteiger partial charge in [-0.1, -0.05) is 60.8 Å². The third-order valence-electron chi connectivity index (χ3n) is 4.26. The van der Waals surface area contributed by atoms with E-state index in [1.807, 2.05) is 0 Å². The summed E-state index contributed by atoms with van der Waals surface area (Å²) < 4.78 is 0. The van der Waals surface area contributed by atoms with E-state index in [2.05, 4.69) is 41.5 Å². The van der Waals surface area contributed by atoms with Gasteiger partial charge in [0.2, 0.25) is 0 Å². The molecule has 0 amide bonds. The normalized spacial score (nSPS) is 20.1. The van der Waals surface area contributed by atoms with E-state index >= 15 is 0 Å². The van der Waals surface area contributed by atoms with Crippen LogP contribution in [0.15, 0.2) is 0 Å². The molecule has 0 spiro atoms. The van der Waals surface area contributed by atoms with E-state index in [9.17, 15) is 0 Å². The molecular formula is C14H30. The van der Waals surface area contributed by atoms with Gasteiger partial charge in [-0.15, -0.1) is 0 Å². The van der Waals surface area contributed by atoms with Gasteiger partial charge in [-0.3, -0.25) is 0 Å². The average Bonchev–Trinajstić information content (AvgIpc) is 2.22. The maximum atomic E-state index is 2.43. The van der Waals surface area contributed by atoms with Crippen LogP contribution in [0, 0.1) is 23.7 Å². The molecule has 14 heavy (non-hydrogen) atoms. The van der Waals surface area contributed by atoms with Gasteiger partial charge in [-0.05, 0) is 30.1 Å². The first-order valence-electron chi connectivity index (χ1n) is 6.56. The Bertz CT molecular complexity index is 128. The molecule has 4 unspecified atom stereocenters. The van der Waals surface area contributed by atoms with Gasteiger partial charge in [0, 0.05) is 0 Å². The van der Waals surface area contributed by atoms with E-state index in [0.717, 1.165) is 23.7 Å². The zero-order valence-corrected chi connectivity index (χ0v) is 11.1. The van der Waals surface area contributed by atoms with Crippen LogP contribution >= 0.6 is 0 Å². The topological polar surface area (TPSA) is 0 Å². The minimum absolute atomic E-state index is 0.896. The quantitative estimate of drug-likeness (QED) is 0.532. The smallest absolute Gasteiger partial charge is 0.0389 e. The Morgan fingerprint density at radius 2 is 1.14 bits per heavy atom. The van der Waals surface area contributed by atoms with Crippen LogP contribution in [0.1, 0.15) is 67.2 Å². The summed E-state index contributed by atoms with van der Waals surface area (Å²) in [6.45, 7) is 14.2. The zero-order valence-electron chi connectivity index (χ0n) is 11.1. The van der Waals surface area contributed by atoms with Crippen LogP contribution < -0.4 is 0 Å². The Morgan fingerprint density at radius 1 is 0.643 bits per heavy atom. The van der Waals surface area contributed by atoms with Crippen molar-refractivity contribution in [3.8, 4) is 0 Å². The van der Waals surface area contributed by atoms with Crippen molar-refractivity contribution in [2.75, 3.05) is 0 Å². The maximum Gasteiger partial charge on any atom is -0.0389 e. The second kappa shape index (κ2) is 7.31. The molecule has 0 aliphatic carbocycles. The third kappa shape index (κ3) is 4.48. The largest absolute Gasteiger partial charge is 0.0651 e. The minimum Gasteiger partial charge on any atom is -0.0651 e. The second-order valence-electron chi connectivity index (χ2n) is 5.15. The molecule has 0 radical (unpaired) electrons. The van der Waals surface area contributed by atoms with Gasteiger partial charge in [-0.2, -0.15) is 0 Å². The van der Waals surface area contributed by atoms with Gasteiger partial charge >= 0.3 is 0 Å². The van der Waals surface area contributed by atoms with Crippen molar-refractivity contribution in [3.05, 3.63) is 0 Å². The highest BCUT2D eigenvalue weighted by Crippen LogP contribution is 2.30. The van der Waals surface area contributed by atoms with Gasteiger partial charge in [-0.25, -0.2) is 0 Å². The summed E-state index contributed by atoms with van der Waals surface area (Å²) in [4.78, 5) is 0. The van der Waals surface area contributed by atoms with Crippen LogP contribution in [0.25, 0.3) is 0 Å². The monoisotopic (exact) mass is 198 g/mol. The fourth-order valence-corrected chi connectivity index (χ4v) is 2.25. The predicted molar refractivity (Wildman–Crippen MR) is 66.5 cm³/mol. The van der Waals surface area contributed by atoms with Crippen LogP contribution in [0.2, 0.25) is 0 Å². The van der Waals surface area contributed by atoms with E-state index in [1.165, 1.54) is 25.7 Å². The number of hydrogen-bond acceptors (Lipinski definition) is 0. The van der Waals surface area contributed by atoms with Gasteiger partial charge in [0.25, 0.3) is 0 Å². The Balaban J connectivity index is 4.03. The molecule has 0 aromatic heterocycles. The fraction of sp³-hybridized carbons (Fsp3) is 1.00. The molecule has 86 valence electrons. The summed E-state index contributed by atoms with van der Waals surface area (Å²) in [7, 11) is 0. The zero-order chi connectivity index (χ0) is 11.1. The summed E-state index contributed by atoms with van der Waals surface area (Å²) in [5.41, 5.74) is 0. The van der Waals surface area contributed by atoms with Gasteiger partial charge in [0.05, 0.1) is 0 Å². The Hall–Kier alpha value is 0. The van der Waals surface area contributed by atoms with Crippen molar-refractivity contribution in [2.45, 2.75) is 67.2 Å². The summed E-state index contributed by atoms with van der Waals surface area (Å²) in [6, 6.07) is 0. The molecule has 4 atom stereocenters. The molecule has 0 heteroatoms. The van der Waals surface area contributed by atoms with Crippen molar-refractivity contribution in [3.63, 3.8) is 0 Å². The Labute approximate surface area is 91.5 Å². The number of rotatable bonds is 7. The van der Waals surface area contributed by atoms with E-state index < -0.39 is 0 Å². The molecule has 0 aromatic carbocycles. The minimum atomic E-state index is 0.896. The molecule has 0 saturated carbocycles. The maximum absolute atomic E-state index is 2.43. The molecule has 0 bridgehead atoms. The molecular weight excluding hydrogens is 168 g/mol. The first kappa shape index (κ1) is 14.0. The predicted octanol–water partition coefficient (Wildman–Crippen LogP) is 5.13. The molecule has 0 N–H and O–H groups in total. The summed E-state index contributed by atoms with van der Waals surface area (Å²) in [6.07, 6.45) is 5.46. The van der Waals surface area contributed by atoms with Crippen molar-refractivity contribution in [1.82, 2.24) is 0 Å². The molecule has 0 heterocycles. The standard InChI is InChI=1S/C14H30/c1-7-11(4)13(6)10-14(9-3)12(5)8-2/h11-14H,7-10H2,1-6H3. The molecule has 0 rings (SSSR count). The molecule has 0 aliphatic rings. The van der Waals surface area contributed by atoms with E-state index in [-0.39, 0.29) is 0 Å². The van der Waals surface area contributed by atoms with Crippen LogP contribution in [-0.2, 0) is 0 Å². The SMILES string of the molecule is CCC(C)C(C)CC(CC)C(C)CC. The lowest BCUT2D eigenvalue weighted by Crippen LogP contribution is -2.17. The van der Waals surface area contributed by atoms with Gasteiger partial charge < -0.3 is 0 Å². The lowest BCUT2D eigenvalue weighted by atomic mass is 9.78. The lowest BCUT2D eigenvalue weighted by molar-refractivity contribution is 0.233. The average molecular weight is 198 g/mol. The van der Waals surface area contributed by atoms with E-state index in [1.54, 1.807) is 0 Å². The van der Waals surface area contributed by atoms with Crippen LogP contribution in [0.4, 0.5) is 0 Å². The van der Waals surface area contributed by atoms with Crippen molar-refractivity contribution >= 4 is 0 Å². The fourth-order valence-electron chi connectivity index (χ4n) is 2.25. The van der Waals surface area contributed by atoms with Crippen LogP contribution in [0.3, 0.4) is 0 Å². The second-order valence-corrected chi connectivity index (χ2v) is 5.15. The lowest BCUT2D eigenvalue weighted by Gasteiger charge is -2.27. The summed E-state index contributed by atoms with van der Waals surface area (Å²) in [5, 5.41) is 0. The Kier molecular flexibility index (Phi) is 7.31. The molecule has 0 nitrogen and oxygen atoms in total.